The maximum atomic E-state index is 2.58. The van der Waals surface area contributed by atoms with Crippen LogP contribution in [0.25, 0.3) is 0 Å². The Morgan fingerprint density at radius 2 is 0.912 bits per heavy atom. The van der Waals surface area contributed by atoms with Crippen molar-refractivity contribution < 1.29 is 4.57 Å². The van der Waals surface area contributed by atoms with E-state index in [9.17, 15) is 0 Å². The van der Waals surface area contributed by atoms with Gasteiger partial charge in [-0.1, -0.05) is 143 Å². The van der Waals surface area contributed by atoms with Crippen LogP contribution in [0.4, 0.5) is 0 Å². The summed E-state index contributed by atoms with van der Waals surface area (Å²) in [6.45, 7) is 9.34. The zero-order valence-electron chi connectivity index (χ0n) is 23.9. The smallest absolute Gasteiger partial charge is 0.234 e. The number of aryl methyl sites for hydroxylation is 2. The van der Waals surface area contributed by atoms with Gasteiger partial charge in [-0.25, -0.2) is 9.13 Å². The maximum Gasteiger partial charge on any atom is 0.256 e. The Labute approximate surface area is 215 Å². The number of rotatable bonds is 26. The topological polar surface area (TPSA) is 8.81 Å². The second-order valence-electron chi connectivity index (χ2n) is 10.9. The fraction of sp³-hybridized carbons (Fsp3) is 0.906. The molecule has 200 valence electrons. The third-order valence-corrected chi connectivity index (χ3v) is 7.60. The highest BCUT2D eigenvalue weighted by molar-refractivity contribution is 4.84. The third-order valence-electron chi connectivity index (χ3n) is 7.60. The predicted octanol–water partition coefficient (Wildman–Crippen LogP) is 10.4. The summed E-state index contributed by atoms with van der Waals surface area (Å²) in [4.78, 5) is 0. The van der Waals surface area contributed by atoms with Crippen LogP contribution in [0.3, 0.4) is 0 Å². The van der Waals surface area contributed by atoms with Crippen molar-refractivity contribution in [3.8, 4) is 0 Å². The van der Waals surface area contributed by atoms with Crippen LogP contribution in [0.1, 0.15) is 174 Å². The van der Waals surface area contributed by atoms with Gasteiger partial charge in [0.15, 0.2) is 0 Å². The molecule has 0 fully saturated rings. The van der Waals surface area contributed by atoms with Gasteiger partial charge in [0.2, 0.25) is 0 Å². The standard InChI is InChI=1S/C32H63N2/c1-4-7-10-12-13-14-15-16-17-18-19-20-21-22-24-26-29-34-31-30-33(28-9-6-3)32(34)27-25-23-11-8-5-2/h30-31H,4-29H2,1-3H3/q+1. The molecule has 1 rings (SSSR count). The summed E-state index contributed by atoms with van der Waals surface area (Å²) >= 11 is 0. The third kappa shape index (κ3) is 16.8. The molecule has 34 heavy (non-hydrogen) atoms. The first-order valence-corrected chi connectivity index (χ1v) is 15.9. The minimum atomic E-state index is 1.20. The van der Waals surface area contributed by atoms with Crippen molar-refractivity contribution >= 4 is 0 Å². The zero-order valence-corrected chi connectivity index (χ0v) is 23.9. The van der Waals surface area contributed by atoms with Crippen LogP contribution in [-0.2, 0) is 19.5 Å². The molecule has 0 spiro atoms. The highest BCUT2D eigenvalue weighted by atomic mass is 15.1. The molecule has 2 nitrogen and oxygen atoms in total. The summed E-state index contributed by atoms with van der Waals surface area (Å²) in [5.74, 6) is 1.59. The lowest BCUT2D eigenvalue weighted by molar-refractivity contribution is -0.704. The van der Waals surface area contributed by atoms with Crippen molar-refractivity contribution in [1.82, 2.24) is 4.57 Å². The van der Waals surface area contributed by atoms with Crippen LogP contribution in [0, 0.1) is 0 Å². The highest BCUT2D eigenvalue weighted by Gasteiger charge is 2.16. The maximum absolute atomic E-state index is 2.58. The van der Waals surface area contributed by atoms with E-state index in [1.807, 2.05) is 0 Å². The van der Waals surface area contributed by atoms with Gasteiger partial charge in [0.25, 0.3) is 5.82 Å². The van der Waals surface area contributed by atoms with Gasteiger partial charge in [-0.3, -0.25) is 0 Å². The second kappa shape index (κ2) is 23.9. The van der Waals surface area contributed by atoms with Crippen molar-refractivity contribution in [1.29, 1.82) is 0 Å². The molecule has 0 saturated carbocycles. The van der Waals surface area contributed by atoms with Crippen LogP contribution >= 0.6 is 0 Å². The molecule has 0 aromatic carbocycles. The lowest BCUT2D eigenvalue weighted by Crippen LogP contribution is -2.37. The number of hydrogen-bond acceptors (Lipinski definition) is 0. The van der Waals surface area contributed by atoms with E-state index in [1.165, 1.54) is 167 Å². The highest BCUT2D eigenvalue weighted by Crippen LogP contribution is 2.14. The van der Waals surface area contributed by atoms with Gasteiger partial charge >= 0.3 is 0 Å². The van der Waals surface area contributed by atoms with Crippen molar-refractivity contribution in [3.05, 3.63) is 18.2 Å². The van der Waals surface area contributed by atoms with Crippen molar-refractivity contribution in [2.45, 2.75) is 188 Å². The first kappa shape index (κ1) is 31.2. The summed E-state index contributed by atoms with van der Waals surface area (Å²) in [6.07, 6.45) is 38.6. The minimum Gasteiger partial charge on any atom is -0.234 e. The summed E-state index contributed by atoms with van der Waals surface area (Å²) in [7, 11) is 0. The molecule has 0 atom stereocenters. The number of nitrogens with zero attached hydrogens (tertiary/aromatic N) is 2. The number of unbranched alkanes of at least 4 members (excludes halogenated alkanes) is 20. The fourth-order valence-electron chi connectivity index (χ4n) is 5.24. The van der Waals surface area contributed by atoms with E-state index < -0.39 is 0 Å². The van der Waals surface area contributed by atoms with Crippen molar-refractivity contribution in [3.63, 3.8) is 0 Å². The Bertz CT molecular complexity index is 533. The van der Waals surface area contributed by atoms with Gasteiger partial charge in [0.1, 0.15) is 12.4 Å². The molecule has 0 aliphatic rings. The summed E-state index contributed by atoms with van der Waals surface area (Å²) in [5, 5.41) is 0. The monoisotopic (exact) mass is 475 g/mol. The largest absolute Gasteiger partial charge is 0.256 e. The van der Waals surface area contributed by atoms with Crippen LogP contribution in [0.15, 0.2) is 12.4 Å². The molecular weight excluding hydrogens is 412 g/mol. The molecule has 0 unspecified atom stereocenters. The molecule has 0 bridgehead atoms. The lowest BCUT2D eigenvalue weighted by atomic mass is 10.0. The van der Waals surface area contributed by atoms with Gasteiger partial charge in [-0.2, -0.15) is 0 Å². The van der Waals surface area contributed by atoms with Crippen LogP contribution in [0.2, 0.25) is 0 Å². The molecule has 0 N–H and O–H groups in total. The average Bonchev–Trinajstić information content (AvgIpc) is 3.23. The molecule has 0 amide bonds. The summed E-state index contributed by atoms with van der Waals surface area (Å²) in [5.41, 5.74) is 0. The van der Waals surface area contributed by atoms with Crippen LogP contribution < -0.4 is 4.57 Å². The molecule has 1 aromatic rings. The SMILES string of the molecule is CCCCCCCCCCCCCCCCCCn1cc[n+](CCCC)c1CCCCCCC. The number of aromatic nitrogens is 2. The number of hydrogen-bond donors (Lipinski definition) is 0. The van der Waals surface area contributed by atoms with Gasteiger partial charge in [-0.15, -0.1) is 0 Å². The quantitative estimate of drug-likeness (QED) is 0.0930. The normalized spacial score (nSPS) is 11.5. The number of imidazole rings is 1. The summed E-state index contributed by atoms with van der Waals surface area (Å²) < 4.78 is 5.13. The Hall–Kier alpha value is -0.790. The Kier molecular flexibility index (Phi) is 22.0. The van der Waals surface area contributed by atoms with Gasteiger partial charge in [0.05, 0.1) is 13.1 Å². The lowest BCUT2D eigenvalue weighted by Gasteiger charge is -2.06. The molecule has 2 heteroatoms. The Morgan fingerprint density at radius 3 is 1.38 bits per heavy atom. The molecule has 0 radical (unpaired) electrons. The molecule has 1 aromatic heterocycles. The van der Waals surface area contributed by atoms with E-state index in [0.29, 0.717) is 0 Å². The molecular formula is C32H63N2+. The molecule has 0 aliphatic heterocycles. The van der Waals surface area contributed by atoms with E-state index in [0.717, 1.165) is 0 Å². The van der Waals surface area contributed by atoms with Gasteiger partial charge < -0.3 is 0 Å². The van der Waals surface area contributed by atoms with E-state index in [-0.39, 0.29) is 0 Å². The first-order chi connectivity index (χ1) is 16.8. The van der Waals surface area contributed by atoms with Crippen LogP contribution in [-0.4, -0.2) is 4.57 Å². The molecule has 0 aliphatic carbocycles. The fourth-order valence-corrected chi connectivity index (χ4v) is 5.24. The Balaban J connectivity index is 2.06. The summed E-state index contributed by atoms with van der Waals surface area (Å²) in [6, 6.07) is 0. The molecule has 0 saturated heterocycles. The van der Waals surface area contributed by atoms with E-state index in [4.69, 9.17) is 0 Å². The van der Waals surface area contributed by atoms with Crippen molar-refractivity contribution in [2.75, 3.05) is 0 Å². The van der Waals surface area contributed by atoms with Gasteiger partial charge in [-0.05, 0) is 25.7 Å². The first-order valence-electron chi connectivity index (χ1n) is 15.9. The zero-order chi connectivity index (χ0) is 24.5. The Morgan fingerprint density at radius 1 is 0.500 bits per heavy atom. The van der Waals surface area contributed by atoms with Crippen LogP contribution in [0.5, 0.6) is 0 Å². The van der Waals surface area contributed by atoms with E-state index in [2.05, 4.69) is 42.3 Å². The minimum absolute atomic E-state index is 1.20. The van der Waals surface area contributed by atoms with Crippen molar-refractivity contribution in [2.24, 2.45) is 0 Å². The van der Waals surface area contributed by atoms with E-state index >= 15 is 0 Å². The van der Waals surface area contributed by atoms with E-state index in [1.54, 1.807) is 5.82 Å². The second-order valence-corrected chi connectivity index (χ2v) is 10.9. The average molecular weight is 476 g/mol. The van der Waals surface area contributed by atoms with Gasteiger partial charge in [0, 0.05) is 6.42 Å². The predicted molar refractivity (Wildman–Crippen MR) is 152 cm³/mol. The molecule has 1 heterocycles.